The van der Waals surface area contributed by atoms with Crippen molar-refractivity contribution in [1.29, 1.82) is 5.41 Å². The second-order valence-electron chi connectivity index (χ2n) is 1.86. The first-order chi connectivity index (χ1) is 4.72. The van der Waals surface area contributed by atoms with Gasteiger partial charge in [0.25, 0.3) is 0 Å². The lowest BCUT2D eigenvalue weighted by Gasteiger charge is -1.93. The average molecular weight is 136 g/mol. The SMILES string of the molecule is C=C/C=C\C(=N)/C(C)=C\N. The summed E-state index contributed by atoms with van der Waals surface area (Å²) in [4.78, 5) is 0. The highest BCUT2D eigenvalue weighted by Crippen LogP contribution is 1.93. The summed E-state index contributed by atoms with van der Waals surface area (Å²) in [5.41, 5.74) is 6.36. The van der Waals surface area contributed by atoms with Crippen molar-refractivity contribution in [2.24, 2.45) is 5.73 Å². The van der Waals surface area contributed by atoms with Crippen LogP contribution in [0, 0.1) is 5.41 Å². The van der Waals surface area contributed by atoms with Crippen LogP contribution in [0.15, 0.2) is 36.6 Å². The molecule has 3 N–H and O–H groups in total. The van der Waals surface area contributed by atoms with Crippen LogP contribution in [0.25, 0.3) is 0 Å². The first-order valence-corrected chi connectivity index (χ1v) is 2.99. The normalized spacial score (nSPS) is 11.9. The van der Waals surface area contributed by atoms with Crippen molar-refractivity contribution < 1.29 is 0 Å². The smallest absolute Gasteiger partial charge is 0.0583 e. The summed E-state index contributed by atoms with van der Waals surface area (Å²) in [5, 5.41) is 7.32. The summed E-state index contributed by atoms with van der Waals surface area (Å²) < 4.78 is 0. The number of rotatable bonds is 3. The third-order valence-electron chi connectivity index (χ3n) is 1.07. The van der Waals surface area contributed by atoms with Gasteiger partial charge in [0.05, 0.1) is 5.71 Å². The highest BCUT2D eigenvalue weighted by Gasteiger charge is 1.89. The lowest BCUT2D eigenvalue weighted by Crippen LogP contribution is -1.95. The Labute approximate surface area is 61.3 Å². The molecule has 0 fully saturated rings. The molecule has 0 aliphatic rings. The molecule has 0 aromatic rings. The second-order valence-corrected chi connectivity index (χ2v) is 1.86. The fourth-order valence-electron chi connectivity index (χ4n) is 0.385. The fourth-order valence-corrected chi connectivity index (χ4v) is 0.385. The number of hydrogen-bond donors (Lipinski definition) is 2. The van der Waals surface area contributed by atoms with Gasteiger partial charge in [-0.05, 0) is 24.8 Å². The monoisotopic (exact) mass is 136 g/mol. The van der Waals surface area contributed by atoms with Gasteiger partial charge in [0.15, 0.2) is 0 Å². The molecule has 10 heavy (non-hydrogen) atoms. The van der Waals surface area contributed by atoms with Gasteiger partial charge in [-0.25, -0.2) is 0 Å². The Morgan fingerprint density at radius 2 is 2.20 bits per heavy atom. The fraction of sp³-hybridized carbons (Fsp3) is 0.125. The topological polar surface area (TPSA) is 49.9 Å². The van der Waals surface area contributed by atoms with E-state index in [4.69, 9.17) is 11.1 Å². The number of hydrogen-bond acceptors (Lipinski definition) is 2. The van der Waals surface area contributed by atoms with Gasteiger partial charge in [0.1, 0.15) is 0 Å². The van der Waals surface area contributed by atoms with Gasteiger partial charge in [-0.2, -0.15) is 0 Å². The molecule has 0 bridgehead atoms. The van der Waals surface area contributed by atoms with E-state index < -0.39 is 0 Å². The highest BCUT2D eigenvalue weighted by molar-refractivity contribution is 6.05. The third-order valence-corrected chi connectivity index (χ3v) is 1.07. The molecular formula is C8H12N2. The summed E-state index contributed by atoms with van der Waals surface area (Å²) in [6.45, 7) is 5.27. The standard InChI is InChI=1S/C8H12N2/c1-3-4-5-8(10)7(2)6-9/h3-6,10H,1,9H2,2H3/b5-4-,7-6-,10-8?. The molecule has 0 saturated carbocycles. The van der Waals surface area contributed by atoms with Crippen LogP contribution in [0.1, 0.15) is 6.92 Å². The molecule has 0 spiro atoms. The predicted octanol–water partition coefficient (Wildman–Crippen LogP) is 1.61. The molecule has 54 valence electrons. The van der Waals surface area contributed by atoms with E-state index >= 15 is 0 Å². The molecule has 2 heteroatoms. The van der Waals surface area contributed by atoms with Crippen molar-refractivity contribution in [3.63, 3.8) is 0 Å². The van der Waals surface area contributed by atoms with E-state index in [-0.39, 0.29) is 0 Å². The Morgan fingerprint density at radius 3 is 2.60 bits per heavy atom. The second kappa shape index (κ2) is 4.56. The van der Waals surface area contributed by atoms with Crippen LogP contribution >= 0.6 is 0 Å². The minimum Gasteiger partial charge on any atom is -0.404 e. The zero-order chi connectivity index (χ0) is 7.98. The lowest BCUT2D eigenvalue weighted by atomic mass is 10.2. The predicted molar refractivity (Wildman–Crippen MR) is 45.0 cm³/mol. The molecule has 2 nitrogen and oxygen atoms in total. The summed E-state index contributed by atoms with van der Waals surface area (Å²) in [6, 6.07) is 0. The maximum Gasteiger partial charge on any atom is 0.0583 e. The first-order valence-electron chi connectivity index (χ1n) is 2.99. The number of allylic oxidation sites excluding steroid dienone is 4. The Balaban J connectivity index is 4.10. The first kappa shape index (κ1) is 8.69. The zero-order valence-corrected chi connectivity index (χ0v) is 6.09. The third kappa shape index (κ3) is 2.87. The molecule has 0 aliphatic carbocycles. The molecule has 0 unspecified atom stereocenters. The van der Waals surface area contributed by atoms with E-state index in [2.05, 4.69) is 6.58 Å². The van der Waals surface area contributed by atoms with Gasteiger partial charge in [0.2, 0.25) is 0 Å². The highest BCUT2D eigenvalue weighted by atomic mass is 14.5. The molecule has 0 atom stereocenters. The van der Waals surface area contributed by atoms with E-state index in [1.165, 1.54) is 6.20 Å². The lowest BCUT2D eigenvalue weighted by molar-refractivity contribution is 1.41. The van der Waals surface area contributed by atoms with Crippen LogP contribution < -0.4 is 5.73 Å². The molecular weight excluding hydrogens is 124 g/mol. The number of nitrogens with one attached hydrogen (secondary N) is 1. The van der Waals surface area contributed by atoms with Gasteiger partial charge >= 0.3 is 0 Å². The van der Waals surface area contributed by atoms with Crippen molar-refractivity contribution in [2.75, 3.05) is 0 Å². The van der Waals surface area contributed by atoms with Gasteiger partial charge in [0, 0.05) is 0 Å². The van der Waals surface area contributed by atoms with Crippen molar-refractivity contribution in [3.8, 4) is 0 Å². The Bertz CT molecular complexity index is 187. The molecule has 0 rings (SSSR count). The zero-order valence-electron chi connectivity index (χ0n) is 6.09. The summed E-state index contributed by atoms with van der Waals surface area (Å²) in [5.74, 6) is 0. The van der Waals surface area contributed by atoms with Crippen molar-refractivity contribution >= 4 is 5.71 Å². The van der Waals surface area contributed by atoms with Crippen LogP contribution in [0.4, 0.5) is 0 Å². The Kier molecular flexibility index (Phi) is 3.96. The van der Waals surface area contributed by atoms with E-state index in [9.17, 15) is 0 Å². The Morgan fingerprint density at radius 1 is 1.60 bits per heavy atom. The van der Waals surface area contributed by atoms with Crippen LogP contribution in [-0.2, 0) is 0 Å². The summed E-state index contributed by atoms with van der Waals surface area (Å²) in [6.07, 6.45) is 6.38. The minimum atomic E-state index is 0.419. The van der Waals surface area contributed by atoms with Crippen LogP contribution in [0.2, 0.25) is 0 Å². The van der Waals surface area contributed by atoms with Crippen LogP contribution in [-0.4, -0.2) is 5.71 Å². The van der Waals surface area contributed by atoms with Crippen molar-refractivity contribution in [1.82, 2.24) is 0 Å². The van der Waals surface area contributed by atoms with Gasteiger partial charge in [-0.3, -0.25) is 0 Å². The molecule has 0 aromatic carbocycles. The summed E-state index contributed by atoms with van der Waals surface area (Å²) in [7, 11) is 0. The molecule has 0 amide bonds. The van der Waals surface area contributed by atoms with Crippen LogP contribution in [0.5, 0.6) is 0 Å². The average Bonchev–Trinajstić information content (AvgIpc) is 1.98. The van der Waals surface area contributed by atoms with E-state index in [1.54, 1.807) is 25.2 Å². The van der Waals surface area contributed by atoms with Gasteiger partial charge < -0.3 is 11.1 Å². The van der Waals surface area contributed by atoms with E-state index in [0.717, 1.165) is 5.57 Å². The quantitative estimate of drug-likeness (QED) is 0.449. The largest absolute Gasteiger partial charge is 0.404 e. The molecule has 0 saturated heterocycles. The Hall–Kier alpha value is -1.31. The maximum absolute atomic E-state index is 7.32. The van der Waals surface area contributed by atoms with Crippen molar-refractivity contribution in [2.45, 2.75) is 6.92 Å². The minimum absolute atomic E-state index is 0.419. The molecule has 0 heterocycles. The summed E-state index contributed by atoms with van der Waals surface area (Å²) >= 11 is 0. The van der Waals surface area contributed by atoms with Crippen molar-refractivity contribution in [3.05, 3.63) is 36.6 Å². The maximum atomic E-state index is 7.32. The van der Waals surface area contributed by atoms with E-state index in [1.807, 2.05) is 0 Å². The van der Waals surface area contributed by atoms with Gasteiger partial charge in [-0.1, -0.05) is 18.7 Å². The van der Waals surface area contributed by atoms with E-state index in [0.29, 0.717) is 5.71 Å². The number of nitrogens with two attached hydrogens (primary N) is 1. The molecule has 0 aromatic heterocycles. The van der Waals surface area contributed by atoms with Gasteiger partial charge in [-0.15, -0.1) is 0 Å². The molecule has 0 aliphatic heterocycles. The molecule has 0 radical (unpaired) electrons. The van der Waals surface area contributed by atoms with Crippen LogP contribution in [0.3, 0.4) is 0 Å².